The van der Waals surface area contributed by atoms with E-state index in [0.717, 1.165) is 16.3 Å². The van der Waals surface area contributed by atoms with Gasteiger partial charge in [-0.05, 0) is 23.8 Å². The van der Waals surface area contributed by atoms with Gasteiger partial charge >= 0.3 is 0 Å². The second-order valence-electron chi connectivity index (χ2n) is 5.19. The Morgan fingerprint density at radius 2 is 2.09 bits per heavy atom. The molecule has 6 heteroatoms. The van der Waals surface area contributed by atoms with Gasteiger partial charge in [-0.3, -0.25) is 9.59 Å². The molecule has 2 heterocycles. The van der Waals surface area contributed by atoms with Crippen molar-refractivity contribution < 1.29 is 9.59 Å². The van der Waals surface area contributed by atoms with E-state index in [1.54, 1.807) is 24.0 Å². The third-order valence-corrected chi connectivity index (χ3v) is 4.54. The lowest BCUT2D eigenvalue weighted by molar-refractivity contribution is -0.122. The molecule has 0 saturated heterocycles. The van der Waals surface area contributed by atoms with Crippen LogP contribution in [-0.2, 0) is 11.2 Å². The molecule has 0 radical (unpaired) electrons. The van der Waals surface area contributed by atoms with Crippen molar-refractivity contribution in [1.29, 1.82) is 0 Å². The van der Waals surface area contributed by atoms with E-state index < -0.39 is 6.04 Å². The van der Waals surface area contributed by atoms with Crippen molar-refractivity contribution in [3.8, 4) is 0 Å². The first-order valence-corrected chi connectivity index (χ1v) is 8.43. The van der Waals surface area contributed by atoms with Crippen LogP contribution in [0.4, 0.5) is 0 Å². The molecular weight excluding hydrogens is 310 g/mol. The number of carbonyl (C=O) groups excluding carboxylic acids is 2. The topological polar surface area (TPSA) is 71.1 Å². The smallest absolute Gasteiger partial charge is 0.252 e. The van der Waals surface area contributed by atoms with Crippen LogP contribution < -0.4 is 10.6 Å². The van der Waals surface area contributed by atoms with Crippen LogP contribution in [0, 0.1) is 0 Å². The number of hydrogen-bond donors (Lipinski definition) is 2. The zero-order valence-electron chi connectivity index (χ0n) is 12.5. The minimum Gasteiger partial charge on any atom is -0.353 e. The van der Waals surface area contributed by atoms with Gasteiger partial charge in [-0.1, -0.05) is 24.3 Å². The summed E-state index contributed by atoms with van der Waals surface area (Å²) in [7, 11) is 0. The normalized spacial score (nSPS) is 16.3. The molecule has 1 atom stereocenters. The minimum absolute atomic E-state index is 0.144. The maximum atomic E-state index is 12.2. The summed E-state index contributed by atoms with van der Waals surface area (Å²) >= 11 is 1.59. The van der Waals surface area contributed by atoms with Crippen LogP contribution in [0.1, 0.15) is 15.9 Å². The van der Waals surface area contributed by atoms with Crippen LogP contribution in [0.15, 0.2) is 53.7 Å². The number of thioether (sulfide) groups is 1. The largest absolute Gasteiger partial charge is 0.353 e. The van der Waals surface area contributed by atoms with Crippen molar-refractivity contribution in [2.45, 2.75) is 17.5 Å². The first kappa shape index (κ1) is 15.6. The zero-order valence-corrected chi connectivity index (χ0v) is 13.3. The van der Waals surface area contributed by atoms with Crippen molar-refractivity contribution in [2.24, 2.45) is 0 Å². The highest BCUT2D eigenvalue weighted by Gasteiger charge is 2.28. The number of hydrogen-bond acceptors (Lipinski definition) is 4. The van der Waals surface area contributed by atoms with E-state index in [1.165, 1.54) is 0 Å². The summed E-state index contributed by atoms with van der Waals surface area (Å²) in [6, 6.07) is 12.6. The Hall–Kier alpha value is -2.34. The van der Waals surface area contributed by atoms with E-state index in [2.05, 4.69) is 15.6 Å². The number of carbonyl (C=O) groups is 2. The van der Waals surface area contributed by atoms with E-state index in [-0.39, 0.29) is 11.8 Å². The minimum atomic E-state index is -0.503. The summed E-state index contributed by atoms with van der Waals surface area (Å²) in [5.74, 6) is 0.407. The Balaban J connectivity index is 1.49. The van der Waals surface area contributed by atoms with Crippen LogP contribution in [0.2, 0.25) is 0 Å². The Bertz CT molecular complexity index is 706. The lowest BCUT2D eigenvalue weighted by Crippen LogP contribution is -2.51. The molecule has 2 aromatic rings. The van der Waals surface area contributed by atoms with E-state index in [4.69, 9.17) is 0 Å². The second-order valence-corrected chi connectivity index (χ2v) is 6.31. The van der Waals surface area contributed by atoms with Gasteiger partial charge in [0.05, 0.1) is 5.03 Å². The molecule has 0 bridgehead atoms. The molecule has 0 aliphatic carbocycles. The number of benzene rings is 1. The van der Waals surface area contributed by atoms with Gasteiger partial charge < -0.3 is 10.6 Å². The summed E-state index contributed by atoms with van der Waals surface area (Å²) in [5.41, 5.74) is 1.57. The molecule has 1 aromatic carbocycles. The van der Waals surface area contributed by atoms with E-state index in [0.29, 0.717) is 18.5 Å². The predicted molar refractivity (Wildman–Crippen MR) is 89.4 cm³/mol. The van der Waals surface area contributed by atoms with Crippen LogP contribution in [0.25, 0.3) is 0 Å². The summed E-state index contributed by atoms with van der Waals surface area (Å²) in [4.78, 5) is 28.4. The molecule has 118 valence electrons. The fourth-order valence-corrected chi connectivity index (χ4v) is 3.19. The molecule has 2 N–H and O–H groups in total. The van der Waals surface area contributed by atoms with Crippen molar-refractivity contribution in [2.75, 3.05) is 12.3 Å². The Morgan fingerprint density at radius 1 is 1.26 bits per heavy atom. The lowest BCUT2D eigenvalue weighted by atomic mass is 9.95. The number of nitrogens with zero attached hydrogens (tertiary/aromatic N) is 1. The molecule has 2 amide bonds. The monoisotopic (exact) mass is 327 g/mol. The van der Waals surface area contributed by atoms with Crippen LogP contribution in [0.5, 0.6) is 0 Å². The standard InChI is InChI=1S/C17H17N3O2S/c21-16-13-6-2-1-5-12(13)11-14(20-16)17(22)19-9-10-23-15-7-3-4-8-18-15/h1-8,14H,9-11H2,(H,19,22)(H,20,21). The van der Waals surface area contributed by atoms with Crippen LogP contribution >= 0.6 is 11.8 Å². The summed E-state index contributed by atoms with van der Waals surface area (Å²) in [6.45, 7) is 0.536. The Kier molecular flexibility index (Phi) is 4.92. The van der Waals surface area contributed by atoms with Crippen molar-refractivity contribution in [3.63, 3.8) is 0 Å². The molecule has 0 fully saturated rings. The molecule has 1 aromatic heterocycles. The van der Waals surface area contributed by atoms with Gasteiger partial charge in [0.1, 0.15) is 6.04 Å². The van der Waals surface area contributed by atoms with Crippen LogP contribution in [0.3, 0.4) is 0 Å². The highest BCUT2D eigenvalue weighted by Crippen LogP contribution is 2.16. The lowest BCUT2D eigenvalue weighted by Gasteiger charge is -2.24. The molecule has 0 spiro atoms. The van der Waals surface area contributed by atoms with E-state index in [9.17, 15) is 9.59 Å². The quantitative estimate of drug-likeness (QED) is 0.647. The molecule has 3 rings (SSSR count). The summed E-state index contributed by atoms with van der Waals surface area (Å²) in [5, 5.41) is 6.56. The maximum Gasteiger partial charge on any atom is 0.252 e. The summed E-state index contributed by atoms with van der Waals surface area (Å²) in [6.07, 6.45) is 2.27. The number of aromatic nitrogens is 1. The fraction of sp³-hybridized carbons (Fsp3) is 0.235. The van der Waals surface area contributed by atoms with Gasteiger partial charge in [-0.25, -0.2) is 4.98 Å². The molecular formula is C17H17N3O2S. The van der Waals surface area contributed by atoms with E-state index in [1.807, 2.05) is 36.4 Å². The molecule has 1 unspecified atom stereocenters. The summed E-state index contributed by atoms with van der Waals surface area (Å²) < 4.78 is 0. The molecule has 5 nitrogen and oxygen atoms in total. The maximum absolute atomic E-state index is 12.2. The van der Waals surface area contributed by atoms with Crippen LogP contribution in [-0.4, -0.2) is 35.1 Å². The second kappa shape index (κ2) is 7.28. The van der Waals surface area contributed by atoms with Gasteiger partial charge in [0.2, 0.25) is 5.91 Å². The van der Waals surface area contributed by atoms with Crippen molar-refractivity contribution in [3.05, 3.63) is 59.8 Å². The SMILES string of the molecule is O=C1NC(C(=O)NCCSc2ccccn2)Cc2ccccc21. The highest BCUT2D eigenvalue weighted by molar-refractivity contribution is 7.99. The number of amides is 2. The number of pyridine rings is 1. The first-order valence-electron chi connectivity index (χ1n) is 7.44. The number of rotatable bonds is 5. The number of fused-ring (bicyclic) bond motifs is 1. The first-order chi connectivity index (χ1) is 11.2. The van der Waals surface area contributed by atoms with Crippen molar-refractivity contribution >= 4 is 23.6 Å². The van der Waals surface area contributed by atoms with Gasteiger partial charge in [0, 0.05) is 30.5 Å². The molecule has 1 aliphatic rings. The van der Waals surface area contributed by atoms with Gasteiger partial charge in [0.25, 0.3) is 5.91 Å². The Morgan fingerprint density at radius 3 is 2.91 bits per heavy atom. The van der Waals surface area contributed by atoms with Gasteiger partial charge in [0.15, 0.2) is 0 Å². The average molecular weight is 327 g/mol. The third-order valence-electron chi connectivity index (χ3n) is 3.60. The molecule has 0 saturated carbocycles. The van der Waals surface area contributed by atoms with Crippen molar-refractivity contribution in [1.82, 2.24) is 15.6 Å². The Labute approximate surface area is 138 Å². The van der Waals surface area contributed by atoms with E-state index >= 15 is 0 Å². The average Bonchev–Trinajstić information content (AvgIpc) is 2.59. The molecule has 1 aliphatic heterocycles. The molecule has 23 heavy (non-hydrogen) atoms. The predicted octanol–water partition coefficient (Wildman–Crippen LogP) is 1.64. The van der Waals surface area contributed by atoms with Gasteiger partial charge in [-0.15, -0.1) is 11.8 Å². The highest BCUT2D eigenvalue weighted by atomic mass is 32.2. The number of nitrogens with one attached hydrogen (secondary N) is 2. The third kappa shape index (κ3) is 3.90. The fourth-order valence-electron chi connectivity index (χ4n) is 2.47. The zero-order chi connectivity index (χ0) is 16.1. The van der Waals surface area contributed by atoms with Gasteiger partial charge in [-0.2, -0.15) is 0 Å².